The van der Waals surface area contributed by atoms with Crippen molar-refractivity contribution in [2.75, 3.05) is 5.75 Å². The molecule has 2 aromatic heterocycles. The number of amides is 3. The SMILES string of the molecule is Cc1cc2nnc(SCC(=O)NC(=O)NC34CC5CC(CC(C5)C3)C4)n2c2ccccc12. The normalized spacial score (nSPS) is 28.3. The minimum Gasteiger partial charge on any atom is -0.332 e. The van der Waals surface area contributed by atoms with E-state index in [1.54, 1.807) is 0 Å². The van der Waals surface area contributed by atoms with Crippen LogP contribution in [0.15, 0.2) is 35.5 Å². The minimum absolute atomic E-state index is 0.105. The van der Waals surface area contributed by atoms with Gasteiger partial charge in [-0.3, -0.25) is 14.5 Å². The number of nitrogens with zero attached hydrogens (tertiary/aromatic N) is 3. The van der Waals surface area contributed by atoms with E-state index in [0.29, 0.717) is 5.16 Å². The number of rotatable bonds is 4. The third-order valence-corrected chi connectivity index (χ3v) is 8.50. The number of pyridine rings is 1. The van der Waals surface area contributed by atoms with Gasteiger partial charge in [0, 0.05) is 10.9 Å². The monoisotopic (exact) mass is 449 g/mol. The van der Waals surface area contributed by atoms with E-state index in [1.807, 2.05) is 28.7 Å². The van der Waals surface area contributed by atoms with E-state index in [4.69, 9.17) is 0 Å². The lowest BCUT2D eigenvalue weighted by Gasteiger charge is -2.56. The number of imide groups is 1. The predicted octanol–water partition coefficient (Wildman–Crippen LogP) is 4.08. The highest BCUT2D eigenvalue weighted by Gasteiger charge is 2.51. The molecule has 0 atom stereocenters. The van der Waals surface area contributed by atoms with Gasteiger partial charge in [0.1, 0.15) is 0 Å². The van der Waals surface area contributed by atoms with Crippen LogP contribution in [0.5, 0.6) is 0 Å². The maximum absolute atomic E-state index is 12.6. The summed E-state index contributed by atoms with van der Waals surface area (Å²) in [5.41, 5.74) is 2.79. The highest BCUT2D eigenvalue weighted by atomic mass is 32.2. The number of urea groups is 1. The van der Waals surface area contributed by atoms with Crippen LogP contribution in [-0.2, 0) is 4.79 Å². The van der Waals surface area contributed by atoms with Gasteiger partial charge in [-0.2, -0.15) is 0 Å². The zero-order valence-electron chi connectivity index (χ0n) is 18.1. The van der Waals surface area contributed by atoms with Gasteiger partial charge in [-0.1, -0.05) is 30.0 Å². The molecule has 7 nitrogen and oxygen atoms in total. The molecule has 32 heavy (non-hydrogen) atoms. The molecule has 0 radical (unpaired) electrons. The van der Waals surface area contributed by atoms with Crippen molar-refractivity contribution in [2.24, 2.45) is 17.8 Å². The van der Waals surface area contributed by atoms with Crippen molar-refractivity contribution >= 4 is 40.3 Å². The third kappa shape index (κ3) is 3.45. The molecular formula is C24H27N5O2S. The zero-order chi connectivity index (χ0) is 21.9. The summed E-state index contributed by atoms with van der Waals surface area (Å²) in [6.07, 6.45) is 7.14. The second-order valence-electron chi connectivity index (χ2n) is 10.0. The number of aromatic nitrogens is 3. The summed E-state index contributed by atoms with van der Waals surface area (Å²) in [6, 6.07) is 9.73. The highest BCUT2D eigenvalue weighted by molar-refractivity contribution is 7.99. The number of benzene rings is 1. The lowest BCUT2D eigenvalue weighted by molar-refractivity contribution is -0.117. The van der Waals surface area contributed by atoms with E-state index in [-0.39, 0.29) is 23.2 Å². The Morgan fingerprint density at radius 1 is 1.09 bits per heavy atom. The van der Waals surface area contributed by atoms with Gasteiger partial charge in [0.2, 0.25) is 5.91 Å². The fourth-order valence-corrected chi connectivity index (χ4v) is 7.55. The topological polar surface area (TPSA) is 88.4 Å². The number of aryl methyl sites for hydroxylation is 1. The number of carbonyl (C=O) groups is 2. The largest absolute Gasteiger partial charge is 0.332 e. The molecule has 0 saturated heterocycles. The molecular weight excluding hydrogens is 422 g/mol. The van der Waals surface area contributed by atoms with Gasteiger partial charge in [0.25, 0.3) is 0 Å². The van der Waals surface area contributed by atoms with Crippen molar-refractivity contribution < 1.29 is 9.59 Å². The Hall–Kier alpha value is -2.61. The maximum atomic E-state index is 12.6. The average molecular weight is 450 g/mol. The average Bonchev–Trinajstić information content (AvgIpc) is 3.14. The van der Waals surface area contributed by atoms with Crippen LogP contribution >= 0.6 is 11.8 Å². The van der Waals surface area contributed by atoms with Crippen LogP contribution in [0.25, 0.3) is 16.6 Å². The van der Waals surface area contributed by atoms with Gasteiger partial charge in [-0.15, -0.1) is 10.2 Å². The fourth-order valence-electron chi connectivity index (χ4n) is 6.80. The predicted molar refractivity (Wildman–Crippen MR) is 124 cm³/mol. The number of para-hydroxylation sites is 1. The smallest absolute Gasteiger partial charge is 0.321 e. The number of nitrogens with one attached hydrogen (secondary N) is 2. The second-order valence-corrected chi connectivity index (χ2v) is 11.0. The number of thioether (sulfide) groups is 1. The number of fused-ring (bicyclic) bond motifs is 3. The summed E-state index contributed by atoms with van der Waals surface area (Å²) >= 11 is 1.29. The van der Waals surface area contributed by atoms with Crippen molar-refractivity contribution in [3.05, 3.63) is 35.9 Å². The molecule has 4 bridgehead atoms. The quantitative estimate of drug-likeness (QED) is 0.586. The van der Waals surface area contributed by atoms with E-state index in [9.17, 15) is 9.59 Å². The van der Waals surface area contributed by atoms with E-state index >= 15 is 0 Å². The van der Waals surface area contributed by atoms with Crippen LogP contribution in [0.1, 0.15) is 44.1 Å². The standard InChI is InChI=1S/C24H27N5O2S/c1-14-6-20-27-28-23(29(20)19-5-3-2-4-18(14)19)32-13-21(30)25-22(31)26-24-10-15-7-16(11-24)9-17(8-15)12-24/h2-6,15-17H,7-13H2,1H3,(H2,25,26,30,31). The Balaban J connectivity index is 1.12. The summed E-state index contributed by atoms with van der Waals surface area (Å²) in [6.45, 7) is 2.06. The molecule has 166 valence electrons. The van der Waals surface area contributed by atoms with E-state index < -0.39 is 0 Å². The molecule has 7 rings (SSSR count). The molecule has 3 amide bonds. The Kier molecular flexibility index (Phi) is 4.68. The molecule has 1 aromatic carbocycles. The fraction of sp³-hybridized carbons (Fsp3) is 0.500. The third-order valence-electron chi connectivity index (χ3n) is 7.58. The first-order chi connectivity index (χ1) is 15.5. The van der Waals surface area contributed by atoms with Gasteiger partial charge < -0.3 is 5.32 Å². The number of carbonyl (C=O) groups excluding carboxylic acids is 2. The molecule has 2 heterocycles. The van der Waals surface area contributed by atoms with Gasteiger partial charge >= 0.3 is 6.03 Å². The summed E-state index contributed by atoms with van der Waals surface area (Å²) in [5.74, 6) is 2.02. The summed E-state index contributed by atoms with van der Waals surface area (Å²) in [5, 5.41) is 16.1. The van der Waals surface area contributed by atoms with Gasteiger partial charge in [0.15, 0.2) is 10.8 Å². The zero-order valence-corrected chi connectivity index (χ0v) is 19.0. The van der Waals surface area contributed by atoms with E-state index in [0.717, 1.165) is 59.1 Å². The van der Waals surface area contributed by atoms with Crippen molar-refractivity contribution in [3.8, 4) is 0 Å². The highest BCUT2D eigenvalue weighted by Crippen LogP contribution is 2.55. The van der Waals surface area contributed by atoms with E-state index in [2.05, 4.69) is 33.8 Å². The van der Waals surface area contributed by atoms with Crippen molar-refractivity contribution in [2.45, 2.75) is 56.1 Å². The van der Waals surface area contributed by atoms with Crippen LogP contribution in [0.3, 0.4) is 0 Å². The van der Waals surface area contributed by atoms with Crippen LogP contribution in [0.2, 0.25) is 0 Å². The minimum atomic E-state index is -0.357. The van der Waals surface area contributed by atoms with Crippen LogP contribution in [0.4, 0.5) is 4.79 Å². The Bertz CT molecular complexity index is 1200. The molecule has 0 spiro atoms. The number of hydrogen-bond donors (Lipinski definition) is 2. The molecule has 3 aromatic rings. The molecule has 8 heteroatoms. The van der Waals surface area contributed by atoms with Crippen LogP contribution < -0.4 is 10.6 Å². The first-order valence-electron chi connectivity index (χ1n) is 11.5. The molecule has 4 aliphatic carbocycles. The maximum Gasteiger partial charge on any atom is 0.321 e. The van der Waals surface area contributed by atoms with Gasteiger partial charge in [-0.05, 0) is 80.9 Å². The lowest BCUT2D eigenvalue weighted by Crippen LogP contribution is -2.61. The molecule has 4 fully saturated rings. The Morgan fingerprint density at radius 3 is 2.50 bits per heavy atom. The summed E-state index contributed by atoms with van der Waals surface area (Å²) in [7, 11) is 0. The van der Waals surface area contributed by atoms with Crippen molar-refractivity contribution in [1.82, 2.24) is 25.2 Å². The first-order valence-corrected chi connectivity index (χ1v) is 12.4. The Labute approximate surface area is 190 Å². The summed E-state index contributed by atoms with van der Waals surface area (Å²) < 4.78 is 1.97. The van der Waals surface area contributed by atoms with Gasteiger partial charge in [-0.25, -0.2) is 4.79 Å². The number of hydrogen-bond acceptors (Lipinski definition) is 5. The van der Waals surface area contributed by atoms with Crippen LogP contribution in [0, 0.1) is 24.7 Å². The molecule has 4 aliphatic rings. The molecule has 2 N–H and O–H groups in total. The van der Waals surface area contributed by atoms with Crippen molar-refractivity contribution in [3.63, 3.8) is 0 Å². The lowest BCUT2D eigenvalue weighted by atomic mass is 9.53. The second kappa shape index (κ2) is 7.47. The molecule has 0 unspecified atom stereocenters. The first kappa shape index (κ1) is 20.0. The van der Waals surface area contributed by atoms with Crippen molar-refractivity contribution in [1.29, 1.82) is 0 Å². The Morgan fingerprint density at radius 2 is 1.78 bits per heavy atom. The van der Waals surface area contributed by atoms with E-state index in [1.165, 1.54) is 31.0 Å². The van der Waals surface area contributed by atoms with Gasteiger partial charge in [0.05, 0.1) is 11.3 Å². The molecule has 4 saturated carbocycles. The van der Waals surface area contributed by atoms with Crippen LogP contribution in [-0.4, -0.2) is 37.8 Å². The molecule has 0 aliphatic heterocycles. The summed E-state index contributed by atoms with van der Waals surface area (Å²) in [4.78, 5) is 25.2.